The second-order valence-corrected chi connectivity index (χ2v) is 5.70. The third-order valence-electron chi connectivity index (χ3n) is 3.99. The number of benzene rings is 1. The molecule has 1 amide bonds. The first-order valence-electron chi connectivity index (χ1n) is 8.31. The number of rotatable bonds is 4. The van der Waals surface area contributed by atoms with E-state index in [-0.39, 0.29) is 0 Å². The summed E-state index contributed by atoms with van der Waals surface area (Å²) in [5, 5.41) is 10.1. The van der Waals surface area contributed by atoms with Gasteiger partial charge in [0.05, 0.1) is 17.8 Å². The van der Waals surface area contributed by atoms with Crippen LogP contribution < -0.4 is 10.6 Å². The fourth-order valence-corrected chi connectivity index (χ4v) is 2.85. The number of nitrogens with zero attached hydrogens (tertiary/aromatic N) is 3. The molecule has 4 rings (SSSR count). The van der Waals surface area contributed by atoms with Crippen LogP contribution >= 0.6 is 0 Å². The van der Waals surface area contributed by atoms with Crippen molar-refractivity contribution in [3.05, 3.63) is 54.5 Å². The fourth-order valence-electron chi connectivity index (χ4n) is 2.85. The zero-order valence-corrected chi connectivity index (χ0v) is 14.2. The summed E-state index contributed by atoms with van der Waals surface area (Å²) in [5.74, 6) is 0.333. The maximum absolute atomic E-state index is 11.7. The minimum absolute atomic E-state index is 0.295. The van der Waals surface area contributed by atoms with Gasteiger partial charge in [0.25, 0.3) is 0 Å². The molecule has 0 saturated carbocycles. The summed E-state index contributed by atoms with van der Waals surface area (Å²) in [6, 6.07) is 5.91. The Bertz CT molecular complexity index is 1000. The summed E-state index contributed by atoms with van der Waals surface area (Å²) < 4.78 is 6.67. The Morgan fingerprint density at radius 2 is 2.35 bits per heavy atom. The van der Waals surface area contributed by atoms with Crippen molar-refractivity contribution in [3.63, 3.8) is 0 Å². The predicted octanol–water partition coefficient (Wildman–Crippen LogP) is 2.82. The van der Waals surface area contributed by atoms with Crippen LogP contribution in [0.5, 0.6) is 0 Å². The summed E-state index contributed by atoms with van der Waals surface area (Å²) >= 11 is 0. The monoisotopic (exact) mass is 350 g/mol. The molecule has 3 aromatic rings. The Hall–Kier alpha value is -3.55. The maximum atomic E-state index is 11.7. The van der Waals surface area contributed by atoms with Crippen LogP contribution in [0.2, 0.25) is 0 Å². The molecule has 8 heteroatoms. The van der Waals surface area contributed by atoms with Crippen LogP contribution in [0.1, 0.15) is 12.5 Å². The van der Waals surface area contributed by atoms with Crippen molar-refractivity contribution >= 4 is 28.6 Å². The van der Waals surface area contributed by atoms with Gasteiger partial charge in [-0.1, -0.05) is 6.08 Å². The minimum atomic E-state index is -0.545. The highest BCUT2D eigenvalue weighted by Crippen LogP contribution is 2.28. The number of fused-ring (bicyclic) bond motifs is 1. The molecule has 0 radical (unpaired) electrons. The van der Waals surface area contributed by atoms with Gasteiger partial charge in [-0.3, -0.25) is 5.32 Å². The third kappa shape index (κ3) is 3.04. The first-order chi connectivity index (χ1) is 12.7. The van der Waals surface area contributed by atoms with E-state index in [0.29, 0.717) is 18.1 Å². The summed E-state index contributed by atoms with van der Waals surface area (Å²) in [7, 11) is 0. The van der Waals surface area contributed by atoms with Gasteiger partial charge in [0.1, 0.15) is 5.52 Å². The maximum Gasteiger partial charge on any atom is 0.413 e. The zero-order valence-electron chi connectivity index (χ0n) is 14.2. The van der Waals surface area contributed by atoms with Crippen LogP contribution in [0.3, 0.4) is 0 Å². The molecule has 0 aliphatic carbocycles. The number of hydrogen-bond donors (Lipinski definition) is 3. The SMILES string of the molecule is CCOC(=O)Nc1nc2c(-n3cccn3)cc(C3=CC=CNC3)cc2[nH]1. The molecule has 8 nitrogen and oxygen atoms in total. The molecule has 26 heavy (non-hydrogen) atoms. The Morgan fingerprint density at radius 1 is 1.42 bits per heavy atom. The summed E-state index contributed by atoms with van der Waals surface area (Å²) in [6.45, 7) is 2.78. The lowest BCUT2D eigenvalue weighted by molar-refractivity contribution is 0.167. The van der Waals surface area contributed by atoms with Crippen LogP contribution in [0, 0.1) is 0 Å². The van der Waals surface area contributed by atoms with Gasteiger partial charge in [0, 0.05) is 18.9 Å². The van der Waals surface area contributed by atoms with Crippen LogP contribution in [0.15, 0.2) is 48.9 Å². The van der Waals surface area contributed by atoms with Crippen molar-refractivity contribution in [2.45, 2.75) is 6.92 Å². The van der Waals surface area contributed by atoms with Crippen molar-refractivity contribution in [2.75, 3.05) is 18.5 Å². The Balaban J connectivity index is 1.82. The molecule has 0 spiro atoms. The molecule has 0 bridgehead atoms. The first kappa shape index (κ1) is 15.9. The predicted molar refractivity (Wildman–Crippen MR) is 99.0 cm³/mol. The fraction of sp³-hybridized carbons (Fsp3) is 0.167. The van der Waals surface area contributed by atoms with Crippen molar-refractivity contribution < 1.29 is 9.53 Å². The van der Waals surface area contributed by atoms with E-state index < -0.39 is 6.09 Å². The second-order valence-electron chi connectivity index (χ2n) is 5.70. The number of imidazole rings is 1. The van der Waals surface area contributed by atoms with Crippen molar-refractivity contribution in [2.24, 2.45) is 0 Å². The number of carbonyl (C=O) groups excluding carboxylic acids is 1. The number of anilines is 1. The smallest absolute Gasteiger partial charge is 0.413 e. The van der Waals surface area contributed by atoms with Crippen LogP contribution in [-0.4, -0.2) is 39.0 Å². The van der Waals surface area contributed by atoms with E-state index in [2.05, 4.69) is 31.8 Å². The molecule has 1 aromatic carbocycles. The number of nitrogens with one attached hydrogen (secondary N) is 3. The molecule has 1 aliphatic heterocycles. The number of amides is 1. The third-order valence-corrected chi connectivity index (χ3v) is 3.99. The van der Waals surface area contributed by atoms with Gasteiger partial charge >= 0.3 is 6.09 Å². The van der Waals surface area contributed by atoms with E-state index in [0.717, 1.165) is 28.9 Å². The zero-order chi connectivity index (χ0) is 17.9. The van der Waals surface area contributed by atoms with E-state index in [1.165, 1.54) is 0 Å². The van der Waals surface area contributed by atoms with Gasteiger partial charge in [-0.25, -0.2) is 14.5 Å². The van der Waals surface area contributed by atoms with Crippen LogP contribution in [0.4, 0.5) is 10.7 Å². The highest BCUT2D eigenvalue weighted by Gasteiger charge is 2.15. The van der Waals surface area contributed by atoms with Gasteiger partial charge in [0.15, 0.2) is 0 Å². The molecule has 0 saturated heterocycles. The molecule has 132 valence electrons. The lowest BCUT2D eigenvalue weighted by Gasteiger charge is -2.13. The van der Waals surface area contributed by atoms with Gasteiger partial charge in [-0.2, -0.15) is 5.10 Å². The van der Waals surface area contributed by atoms with Crippen molar-refractivity contribution in [1.82, 2.24) is 25.1 Å². The summed E-state index contributed by atoms with van der Waals surface area (Å²) in [4.78, 5) is 19.3. The normalized spacial score (nSPS) is 13.3. The average molecular weight is 350 g/mol. The lowest BCUT2D eigenvalue weighted by Crippen LogP contribution is -2.14. The number of ether oxygens (including phenoxy) is 1. The van der Waals surface area contributed by atoms with Gasteiger partial charge in [-0.05, 0) is 48.5 Å². The number of aromatic nitrogens is 4. The average Bonchev–Trinajstić information content (AvgIpc) is 3.31. The molecule has 0 unspecified atom stereocenters. The quantitative estimate of drug-likeness (QED) is 0.672. The standard InChI is InChI=1S/C18H18N6O2/c1-2-26-18(25)23-17-21-14-9-13(12-5-3-6-19-11-12)10-15(16(14)22-17)24-8-4-7-20-24/h3-10,19H,2,11H2,1H3,(H2,21,22,23,25). The molecule has 2 aromatic heterocycles. The van der Waals surface area contributed by atoms with E-state index in [9.17, 15) is 4.79 Å². The van der Waals surface area contributed by atoms with Gasteiger partial charge in [0.2, 0.25) is 5.95 Å². The van der Waals surface area contributed by atoms with E-state index in [4.69, 9.17) is 4.74 Å². The number of hydrogen-bond acceptors (Lipinski definition) is 5. The molecule has 0 fully saturated rings. The lowest BCUT2D eigenvalue weighted by atomic mass is 10.0. The topological polar surface area (TPSA) is 96.9 Å². The molecule has 3 N–H and O–H groups in total. The Kier molecular flexibility index (Phi) is 4.14. The Morgan fingerprint density at radius 3 is 3.08 bits per heavy atom. The number of dihydropyridines is 1. The largest absolute Gasteiger partial charge is 0.450 e. The number of allylic oxidation sites excluding steroid dienone is 2. The van der Waals surface area contributed by atoms with Crippen molar-refractivity contribution in [1.29, 1.82) is 0 Å². The summed E-state index contributed by atoms with van der Waals surface area (Å²) in [6.07, 6.45) is 8.98. The van der Waals surface area contributed by atoms with E-state index in [1.54, 1.807) is 17.8 Å². The number of aromatic amines is 1. The number of carbonyl (C=O) groups is 1. The molecule has 0 atom stereocenters. The minimum Gasteiger partial charge on any atom is -0.450 e. The van der Waals surface area contributed by atoms with Gasteiger partial charge < -0.3 is 15.0 Å². The molecular formula is C18H18N6O2. The van der Waals surface area contributed by atoms with Crippen LogP contribution in [0.25, 0.3) is 22.3 Å². The van der Waals surface area contributed by atoms with Crippen molar-refractivity contribution in [3.8, 4) is 5.69 Å². The summed E-state index contributed by atoms with van der Waals surface area (Å²) in [5.41, 5.74) is 4.54. The molecule has 3 heterocycles. The highest BCUT2D eigenvalue weighted by molar-refractivity contribution is 5.92. The van der Waals surface area contributed by atoms with Crippen LogP contribution in [-0.2, 0) is 4.74 Å². The van der Waals surface area contributed by atoms with E-state index in [1.807, 2.05) is 36.7 Å². The second kappa shape index (κ2) is 6.75. The first-order valence-corrected chi connectivity index (χ1v) is 8.31. The molecule has 1 aliphatic rings. The molecular weight excluding hydrogens is 332 g/mol. The Labute approximate surface area is 149 Å². The number of H-pyrrole nitrogens is 1. The highest BCUT2D eigenvalue weighted by atomic mass is 16.5. The van der Waals surface area contributed by atoms with Gasteiger partial charge in [-0.15, -0.1) is 0 Å². The van der Waals surface area contributed by atoms with E-state index >= 15 is 0 Å².